The number of carbonyl (C=O) groups is 1. The minimum absolute atomic E-state index is 0.0192. The largest absolute Gasteiger partial charge is 0.322 e. The normalized spacial score (nSPS) is 18.3. The van der Waals surface area contributed by atoms with Crippen LogP contribution < -0.4 is 5.32 Å². The zero-order valence-corrected chi connectivity index (χ0v) is 16.8. The van der Waals surface area contributed by atoms with Crippen LogP contribution in [0, 0.1) is 13.8 Å². The van der Waals surface area contributed by atoms with Crippen LogP contribution in [0.3, 0.4) is 0 Å². The van der Waals surface area contributed by atoms with Crippen molar-refractivity contribution in [1.82, 2.24) is 4.31 Å². The SMILES string of the molecule is Cc1ccccc1NC(=O)c1cc(S(=O)(=O)N2CCCCC2C)ccc1C. The average Bonchev–Trinajstić information content (AvgIpc) is 2.64. The Balaban J connectivity index is 1.92. The van der Waals surface area contributed by atoms with Crippen LogP contribution in [0.1, 0.15) is 47.7 Å². The summed E-state index contributed by atoms with van der Waals surface area (Å²) in [7, 11) is -3.61. The van der Waals surface area contributed by atoms with Crippen LogP contribution in [0.4, 0.5) is 5.69 Å². The minimum Gasteiger partial charge on any atom is -0.322 e. The molecule has 0 bridgehead atoms. The first-order valence-electron chi connectivity index (χ1n) is 9.30. The predicted octanol–water partition coefficient (Wildman–Crippen LogP) is 4.12. The molecular formula is C21H26N2O3S. The Morgan fingerprint density at radius 1 is 1.07 bits per heavy atom. The number of carbonyl (C=O) groups excluding carboxylic acids is 1. The molecule has 1 N–H and O–H groups in total. The number of anilines is 1. The highest BCUT2D eigenvalue weighted by molar-refractivity contribution is 7.89. The fourth-order valence-electron chi connectivity index (χ4n) is 3.47. The van der Waals surface area contributed by atoms with Gasteiger partial charge in [-0.1, -0.05) is 30.7 Å². The fraction of sp³-hybridized carbons (Fsp3) is 0.381. The summed E-state index contributed by atoms with van der Waals surface area (Å²) in [4.78, 5) is 13.0. The zero-order valence-electron chi connectivity index (χ0n) is 16.0. The van der Waals surface area contributed by atoms with Crippen LogP contribution in [-0.4, -0.2) is 31.2 Å². The molecule has 1 saturated heterocycles. The lowest BCUT2D eigenvalue weighted by Crippen LogP contribution is -2.42. The molecule has 5 nitrogen and oxygen atoms in total. The first kappa shape index (κ1) is 19.6. The maximum Gasteiger partial charge on any atom is 0.255 e. The summed E-state index contributed by atoms with van der Waals surface area (Å²) >= 11 is 0. The monoisotopic (exact) mass is 386 g/mol. The number of para-hydroxylation sites is 1. The summed E-state index contributed by atoms with van der Waals surface area (Å²) in [5.41, 5.74) is 2.80. The summed E-state index contributed by atoms with van der Waals surface area (Å²) in [5, 5.41) is 2.89. The van der Waals surface area contributed by atoms with Gasteiger partial charge in [0.2, 0.25) is 10.0 Å². The van der Waals surface area contributed by atoms with Crippen LogP contribution in [0.25, 0.3) is 0 Å². The molecular weight excluding hydrogens is 360 g/mol. The van der Waals surface area contributed by atoms with Crippen molar-refractivity contribution >= 4 is 21.6 Å². The molecule has 1 amide bonds. The van der Waals surface area contributed by atoms with Crippen molar-refractivity contribution in [3.8, 4) is 0 Å². The molecule has 1 atom stereocenters. The Morgan fingerprint density at radius 3 is 2.52 bits per heavy atom. The number of amides is 1. The number of hydrogen-bond acceptors (Lipinski definition) is 3. The van der Waals surface area contributed by atoms with E-state index in [9.17, 15) is 13.2 Å². The third kappa shape index (κ3) is 4.06. The highest BCUT2D eigenvalue weighted by atomic mass is 32.2. The number of hydrogen-bond donors (Lipinski definition) is 1. The molecule has 27 heavy (non-hydrogen) atoms. The third-order valence-electron chi connectivity index (χ3n) is 5.20. The van der Waals surface area contributed by atoms with E-state index in [1.165, 1.54) is 6.07 Å². The van der Waals surface area contributed by atoms with Gasteiger partial charge in [0.25, 0.3) is 5.91 Å². The van der Waals surface area contributed by atoms with Crippen LogP contribution in [-0.2, 0) is 10.0 Å². The number of rotatable bonds is 4. The zero-order chi connectivity index (χ0) is 19.6. The van der Waals surface area contributed by atoms with Crippen LogP contribution in [0.15, 0.2) is 47.4 Å². The second kappa shape index (κ2) is 7.82. The van der Waals surface area contributed by atoms with Crippen molar-refractivity contribution in [3.05, 3.63) is 59.2 Å². The van der Waals surface area contributed by atoms with E-state index in [2.05, 4.69) is 5.32 Å². The molecule has 2 aromatic carbocycles. The van der Waals surface area contributed by atoms with Gasteiger partial charge < -0.3 is 5.32 Å². The van der Waals surface area contributed by atoms with E-state index in [1.54, 1.807) is 16.4 Å². The second-order valence-corrected chi connectivity index (χ2v) is 9.10. The van der Waals surface area contributed by atoms with E-state index in [4.69, 9.17) is 0 Å². The summed E-state index contributed by atoms with van der Waals surface area (Å²) in [6.45, 7) is 6.20. The van der Waals surface area contributed by atoms with Gasteiger partial charge in [-0.15, -0.1) is 0 Å². The highest BCUT2D eigenvalue weighted by Crippen LogP contribution is 2.27. The molecule has 6 heteroatoms. The number of benzene rings is 2. The minimum atomic E-state index is -3.61. The summed E-state index contributed by atoms with van der Waals surface area (Å²) in [6, 6.07) is 12.3. The molecule has 0 spiro atoms. The first-order chi connectivity index (χ1) is 12.8. The Morgan fingerprint density at radius 2 is 1.81 bits per heavy atom. The highest BCUT2D eigenvalue weighted by Gasteiger charge is 2.31. The molecule has 2 aromatic rings. The van der Waals surface area contributed by atoms with Gasteiger partial charge in [0, 0.05) is 23.8 Å². The van der Waals surface area contributed by atoms with E-state index in [-0.39, 0.29) is 16.8 Å². The van der Waals surface area contributed by atoms with Crippen LogP contribution >= 0.6 is 0 Å². The lowest BCUT2D eigenvalue weighted by Gasteiger charge is -2.32. The molecule has 3 rings (SSSR count). The lowest BCUT2D eigenvalue weighted by molar-refractivity contribution is 0.102. The number of aryl methyl sites for hydroxylation is 2. The summed E-state index contributed by atoms with van der Waals surface area (Å²) in [5.74, 6) is -0.300. The number of nitrogens with one attached hydrogen (secondary N) is 1. The molecule has 1 aliphatic rings. The van der Waals surface area contributed by atoms with Crippen molar-refractivity contribution in [2.75, 3.05) is 11.9 Å². The van der Waals surface area contributed by atoms with Gasteiger partial charge in [-0.2, -0.15) is 4.31 Å². The van der Waals surface area contributed by atoms with Crippen molar-refractivity contribution in [3.63, 3.8) is 0 Å². The Bertz CT molecular complexity index is 954. The predicted molar refractivity (Wildman–Crippen MR) is 108 cm³/mol. The molecule has 0 radical (unpaired) electrons. The van der Waals surface area contributed by atoms with Crippen molar-refractivity contribution in [2.24, 2.45) is 0 Å². The smallest absolute Gasteiger partial charge is 0.255 e. The number of sulfonamides is 1. The molecule has 0 aromatic heterocycles. The van der Waals surface area contributed by atoms with Gasteiger partial charge in [0.1, 0.15) is 0 Å². The van der Waals surface area contributed by atoms with Gasteiger partial charge >= 0.3 is 0 Å². The van der Waals surface area contributed by atoms with Gasteiger partial charge in [0.15, 0.2) is 0 Å². The molecule has 1 heterocycles. The van der Waals surface area contributed by atoms with Gasteiger partial charge in [-0.25, -0.2) is 8.42 Å². The molecule has 1 unspecified atom stereocenters. The Kier molecular flexibility index (Phi) is 5.67. The van der Waals surface area contributed by atoms with E-state index in [1.807, 2.05) is 45.0 Å². The molecule has 0 saturated carbocycles. The van der Waals surface area contributed by atoms with E-state index in [0.717, 1.165) is 36.1 Å². The van der Waals surface area contributed by atoms with Gasteiger partial charge in [-0.05, 0) is 62.9 Å². The van der Waals surface area contributed by atoms with Crippen molar-refractivity contribution < 1.29 is 13.2 Å². The first-order valence-corrected chi connectivity index (χ1v) is 10.7. The fourth-order valence-corrected chi connectivity index (χ4v) is 5.20. The second-order valence-electron chi connectivity index (χ2n) is 7.21. The van der Waals surface area contributed by atoms with E-state index < -0.39 is 10.0 Å². The Labute approximate surface area is 161 Å². The quantitative estimate of drug-likeness (QED) is 0.859. The standard InChI is InChI=1S/C21H26N2O3S/c1-15-11-12-18(27(25,26)23-13-7-6-9-17(23)3)14-19(15)21(24)22-20-10-5-4-8-16(20)2/h4-5,8,10-12,14,17H,6-7,9,13H2,1-3H3,(H,22,24). The number of piperidine rings is 1. The molecule has 0 aliphatic carbocycles. The van der Waals surface area contributed by atoms with Crippen molar-refractivity contribution in [1.29, 1.82) is 0 Å². The van der Waals surface area contributed by atoms with Gasteiger partial charge in [0.05, 0.1) is 4.90 Å². The topological polar surface area (TPSA) is 66.5 Å². The van der Waals surface area contributed by atoms with Crippen molar-refractivity contribution in [2.45, 2.75) is 51.0 Å². The average molecular weight is 387 g/mol. The van der Waals surface area contributed by atoms with Crippen LogP contribution in [0.5, 0.6) is 0 Å². The maximum atomic E-state index is 13.1. The lowest BCUT2D eigenvalue weighted by atomic mass is 10.1. The van der Waals surface area contributed by atoms with E-state index in [0.29, 0.717) is 12.1 Å². The molecule has 144 valence electrons. The van der Waals surface area contributed by atoms with Gasteiger partial charge in [-0.3, -0.25) is 4.79 Å². The third-order valence-corrected chi connectivity index (χ3v) is 7.21. The van der Waals surface area contributed by atoms with Crippen LogP contribution in [0.2, 0.25) is 0 Å². The summed E-state index contributed by atoms with van der Waals surface area (Å²) in [6.07, 6.45) is 2.78. The Hall–Kier alpha value is -2.18. The number of nitrogens with zero attached hydrogens (tertiary/aromatic N) is 1. The van der Waals surface area contributed by atoms with E-state index >= 15 is 0 Å². The maximum absolute atomic E-state index is 13.1. The summed E-state index contributed by atoms with van der Waals surface area (Å²) < 4.78 is 27.7. The molecule has 1 fully saturated rings. The molecule has 1 aliphatic heterocycles.